The van der Waals surface area contributed by atoms with Crippen LogP contribution in [0.15, 0.2) is 24.3 Å². The summed E-state index contributed by atoms with van der Waals surface area (Å²) in [4.78, 5) is 14.1. The van der Waals surface area contributed by atoms with Gasteiger partial charge in [-0.05, 0) is 49.9 Å². The van der Waals surface area contributed by atoms with Gasteiger partial charge in [0.15, 0.2) is 0 Å². The summed E-state index contributed by atoms with van der Waals surface area (Å²) in [5.41, 5.74) is 1.28. The minimum atomic E-state index is 0. The molecule has 0 aliphatic carbocycles. The Balaban J connectivity index is 0.00000242. The highest BCUT2D eigenvalue weighted by Gasteiger charge is 2.23. The summed E-state index contributed by atoms with van der Waals surface area (Å²) in [6.07, 6.45) is 5.29. The minimum absolute atomic E-state index is 0. The third kappa shape index (κ3) is 5.50. The van der Waals surface area contributed by atoms with Gasteiger partial charge >= 0.3 is 0 Å². The number of carbonyl (C=O) groups excluding carboxylic acids is 1. The number of benzene rings is 1. The van der Waals surface area contributed by atoms with Crippen LogP contribution in [-0.4, -0.2) is 44.1 Å². The van der Waals surface area contributed by atoms with Crippen LogP contribution < -0.4 is 10.1 Å². The van der Waals surface area contributed by atoms with Crippen molar-refractivity contribution in [1.82, 2.24) is 10.2 Å². The quantitative estimate of drug-likeness (QED) is 0.874. The van der Waals surface area contributed by atoms with E-state index >= 15 is 0 Å². The lowest BCUT2D eigenvalue weighted by molar-refractivity contribution is -0.132. The van der Waals surface area contributed by atoms with Crippen LogP contribution in [0, 0.1) is 0 Å². The molecular weight excluding hydrogens is 300 g/mol. The summed E-state index contributed by atoms with van der Waals surface area (Å²) in [5.74, 6) is 1.12. The van der Waals surface area contributed by atoms with E-state index in [0.717, 1.165) is 44.5 Å². The van der Waals surface area contributed by atoms with Crippen molar-refractivity contribution < 1.29 is 9.53 Å². The average molecular weight is 327 g/mol. The lowest BCUT2D eigenvalue weighted by Gasteiger charge is -2.27. The first-order valence-corrected chi connectivity index (χ1v) is 7.82. The van der Waals surface area contributed by atoms with Gasteiger partial charge in [-0.25, -0.2) is 0 Å². The van der Waals surface area contributed by atoms with Crippen LogP contribution in [0.4, 0.5) is 0 Å². The number of nitrogens with zero attached hydrogens (tertiary/aromatic N) is 1. The van der Waals surface area contributed by atoms with Crippen LogP contribution in [0.25, 0.3) is 0 Å². The lowest BCUT2D eigenvalue weighted by atomic mass is 10.0. The van der Waals surface area contributed by atoms with Crippen LogP contribution in [0.2, 0.25) is 0 Å². The Morgan fingerprint density at radius 3 is 2.64 bits per heavy atom. The number of amides is 1. The van der Waals surface area contributed by atoms with Gasteiger partial charge in [0, 0.05) is 13.6 Å². The summed E-state index contributed by atoms with van der Waals surface area (Å²) < 4.78 is 5.15. The zero-order chi connectivity index (χ0) is 15.1. The van der Waals surface area contributed by atoms with E-state index in [2.05, 4.69) is 17.4 Å². The van der Waals surface area contributed by atoms with E-state index in [1.807, 2.05) is 24.1 Å². The normalized spacial score (nSPS) is 17.5. The molecule has 0 aromatic heterocycles. The standard InChI is InChI=1S/C17H26N2O2.ClH/c1-19(17(20)16-7-3-4-12-18-16)13-5-6-14-8-10-15(21-2)11-9-14;/h8-11,16,18H,3-7,12-13H2,1-2H3;1H. The van der Waals surface area contributed by atoms with Crippen LogP contribution >= 0.6 is 12.4 Å². The third-order valence-corrected chi connectivity index (χ3v) is 4.10. The summed E-state index contributed by atoms with van der Waals surface area (Å²) in [6, 6.07) is 8.17. The summed E-state index contributed by atoms with van der Waals surface area (Å²) in [6.45, 7) is 1.78. The smallest absolute Gasteiger partial charge is 0.239 e. The van der Waals surface area contributed by atoms with Gasteiger partial charge in [-0.2, -0.15) is 0 Å². The number of nitrogens with one attached hydrogen (secondary N) is 1. The highest BCUT2D eigenvalue weighted by molar-refractivity contribution is 5.85. The van der Waals surface area contributed by atoms with Crippen molar-refractivity contribution >= 4 is 18.3 Å². The number of halogens is 1. The molecule has 0 saturated carbocycles. The second-order valence-corrected chi connectivity index (χ2v) is 5.71. The summed E-state index contributed by atoms with van der Waals surface area (Å²) in [7, 11) is 3.58. The van der Waals surface area contributed by atoms with Crippen molar-refractivity contribution in [3.8, 4) is 5.75 Å². The fourth-order valence-corrected chi connectivity index (χ4v) is 2.75. The maximum Gasteiger partial charge on any atom is 0.239 e. The zero-order valence-corrected chi connectivity index (χ0v) is 14.3. The number of methoxy groups -OCH3 is 1. The largest absolute Gasteiger partial charge is 0.497 e. The van der Waals surface area contributed by atoms with Crippen LogP contribution in [0.3, 0.4) is 0 Å². The Hall–Kier alpha value is -1.26. The van der Waals surface area contributed by atoms with E-state index in [1.165, 1.54) is 12.0 Å². The van der Waals surface area contributed by atoms with Crippen LogP contribution in [0.5, 0.6) is 5.75 Å². The predicted octanol–water partition coefficient (Wildman–Crippen LogP) is 2.65. The van der Waals surface area contributed by atoms with Gasteiger partial charge in [0.25, 0.3) is 0 Å². The fourth-order valence-electron chi connectivity index (χ4n) is 2.75. The van der Waals surface area contributed by atoms with Crippen LogP contribution in [0.1, 0.15) is 31.2 Å². The number of rotatable bonds is 6. The summed E-state index contributed by atoms with van der Waals surface area (Å²) in [5, 5.41) is 3.32. The molecule has 1 N–H and O–H groups in total. The van der Waals surface area contributed by atoms with E-state index in [0.29, 0.717) is 0 Å². The molecule has 0 spiro atoms. The summed E-state index contributed by atoms with van der Waals surface area (Å²) >= 11 is 0. The molecule has 0 bridgehead atoms. The number of piperidine rings is 1. The molecule has 1 unspecified atom stereocenters. The first-order chi connectivity index (χ1) is 10.2. The molecule has 2 rings (SSSR count). The molecule has 1 aliphatic rings. The monoisotopic (exact) mass is 326 g/mol. The molecule has 1 atom stereocenters. The maximum atomic E-state index is 12.3. The fraction of sp³-hybridized carbons (Fsp3) is 0.588. The molecule has 1 fully saturated rings. The molecule has 22 heavy (non-hydrogen) atoms. The predicted molar refractivity (Wildman–Crippen MR) is 91.8 cm³/mol. The number of likely N-dealkylation sites (N-methyl/N-ethyl adjacent to an activating group) is 1. The molecular formula is C17H27ClN2O2. The highest BCUT2D eigenvalue weighted by Crippen LogP contribution is 2.13. The second kappa shape index (κ2) is 9.70. The zero-order valence-electron chi connectivity index (χ0n) is 13.5. The van der Waals surface area contributed by atoms with Gasteiger partial charge in [0.1, 0.15) is 5.75 Å². The van der Waals surface area contributed by atoms with E-state index in [9.17, 15) is 4.79 Å². The van der Waals surface area contributed by atoms with E-state index in [-0.39, 0.29) is 24.4 Å². The number of aryl methyl sites for hydroxylation is 1. The first-order valence-electron chi connectivity index (χ1n) is 7.82. The van der Waals surface area contributed by atoms with E-state index in [1.54, 1.807) is 7.11 Å². The van der Waals surface area contributed by atoms with Gasteiger partial charge in [-0.15, -0.1) is 12.4 Å². The maximum absolute atomic E-state index is 12.3. The van der Waals surface area contributed by atoms with Crippen molar-refractivity contribution in [1.29, 1.82) is 0 Å². The Morgan fingerprint density at radius 2 is 2.05 bits per heavy atom. The Kier molecular flexibility index (Phi) is 8.28. The molecule has 1 saturated heterocycles. The first kappa shape index (κ1) is 18.8. The van der Waals surface area contributed by atoms with Crippen LogP contribution in [-0.2, 0) is 11.2 Å². The Morgan fingerprint density at radius 1 is 1.32 bits per heavy atom. The van der Waals surface area contributed by atoms with Gasteiger partial charge in [-0.3, -0.25) is 4.79 Å². The SMILES string of the molecule is COc1ccc(CCCN(C)C(=O)C2CCCCN2)cc1.Cl. The molecule has 1 aromatic carbocycles. The van der Waals surface area contributed by atoms with Crippen molar-refractivity contribution in [3.05, 3.63) is 29.8 Å². The minimum Gasteiger partial charge on any atom is -0.497 e. The van der Waals surface area contributed by atoms with Crippen molar-refractivity contribution in [2.24, 2.45) is 0 Å². The molecule has 5 heteroatoms. The van der Waals surface area contributed by atoms with Crippen molar-refractivity contribution in [2.75, 3.05) is 27.2 Å². The topological polar surface area (TPSA) is 41.6 Å². The molecule has 1 amide bonds. The highest BCUT2D eigenvalue weighted by atomic mass is 35.5. The molecule has 1 heterocycles. The number of ether oxygens (including phenoxy) is 1. The number of hydrogen-bond acceptors (Lipinski definition) is 3. The average Bonchev–Trinajstić information content (AvgIpc) is 2.55. The van der Waals surface area contributed by atoms with Gasteiger partial charge in [0.05, 0.1) is 13.2 Å². The molecule has 1 aliphatic heterocycles. The van der Waals surface area contributed by atoms with Crippen molar-refractivity contribution in [3.63, 3.8) is 0 Å². The Bertz CT molecular complexity index is 444. The van der Waals surface area contributed by atoms with Gasteiger partial charge in [-0.1, -0.05) is 18.6 Å². The van der Waals surface area contributed by atoms with E-state index < -0.39 is 0 Å². The Labute approximate surface area is 139 Å². The molecule has 0 radical (unpaired) electrons. The number of carbonyl (C=O) groups is 1. The second-order valence-electron chi connectivity index (χ2n) is 5.71. The molecule has 124 valence electrons. The van der Waals surface area contributed by atoms with E-state index in [4.69, 9.17) is 4.74 Å². The third-order valence-electron chi connectivity index (χ3n) is 4.10. The number of hydrogen-bond donors (Lipinski definition) is 1. The van der Waals surface area contributed by atoms with Crippen molar-refractivity contribution in [2.45, 2.75) is 38.1 Å². The lowest BCUT2D eigenvalue weighted by Crippen LogP contribution is -2.47. The van der Waals surface area contributed by atoms with Gasteiger partial charge in [0.2, 0.25) is 5.91 Å². The van der Waals surface area contributed by atoms with Gasteiger partial charge < -0.3 is 15.0 Å². The molecule has 4 nitrogen and oxygen atoms in total. The molecule has 1 aromatic rings.